The molecule has 21 heavy (non-hydrogen) atoms. The molecule has 0 aliphatic carbocycles. The first-order valence-electron chi connectivity index (χ1n) is 6.68. The molecule has 0 spiro atoms. The van der Waals surface area contributed by atoms with Crippen molar-refractivity contribution in [2.75, 3.05) is 44.5 Å². The van der Waals surface area contributed by atoms with E-state index in [1.54, 1.807) is 13.2 Å². The summed E-state index contributed by atoms with van der Waals surface area (Å²) in [5.74, 6) is 0. The van der Waals surface area contributed by atoms with Crippen LogP contribution in [0.5, 0.6) is 0 Å². The van der Waals surface area contributed by atoms with E-state index in [0.717, 1.165) is 19.4 Å². The first kappa shape index (κ1) is 17.7. The van der Waals surface area contributed by atoms with Gasteiger partial charge in [0.15, 0.2) is 0 Å². The van der Waals surface area contributed by atoms with Crippen molar-refractivity contribution in [1.29, 1.82) is 0 Å². The molecule has 0 radical (unpaired) electrons. The lowest BCUT2D eigenvalue weighted by Gasteiger charge is -2.10. The topological polar surface area (TPSA) is 117 Å². The minimum absolute atomic E-state index is 0.0112. The Balaban J connectivity index is 2.30. The third kappa shape index (κ3) is 6.76. The Morgan fingerprint density at radius 1 is 1.19 bits per heavy atom. The highest BCUT2D eigenvalue weighted by Gasteiger charge is 2.09. The maximum absolute atomic E-state index is 11.2. The third-order valence-corrected chi connectivity index (χ3v) is 3.73. The molecule has 1 aromatic rings. The first-order chi connectivity index (χ1) is 9.95. The largest absolute Gasteiger partial charge is 0.397 e. The minimum Gasteiger partial charge on any atom is -0.397 e. The SMILES string of the molecule is COCCOCCCCNc1ccc(S(N)(=O)=O)cc1N. The molecule has 0 aliphatic heterocycles. The molecule has 0 bridgehead atoms. The van der Waals surface area contributed by atoms with E-state index in [1.807, 2.05) is 0 Å². The van der Waals surface area contributed by atoms with Crippen LogP contribution in [0.1, 0.15) is 12.8 Å². The Morgan fingerprint density at radius 3 is 2.57 bits per heavy atom. The maximum atomic E-state index is 11.2. The summed E-state index contributed by atoms with van der Waals surface area (Å²) in [5.41, 5.74) is 6.85. The van der Waals surface area contributed by atoms with Crippen molar-refractivity contribution < 1.29 is 17.9 Å². The number of hydrogen-bond donors (Lipinski definition) is 3. The molecular weight excluding hydrogens is 294 g/mol. The van der Waals surface area contributed by atoms with Crippen LogP contribution < -0.4 is 16.2 Å². The molecule has 1 aromatic carbocycles. The van der Waals surface area contributed by atoms with Gasteiger partial charge in [-0.15, -0.1) is 0 Å². The van der Waals surface area contributed by atoms with Gasteiger partial charge in [-0.25, -0.2) is 13.6 Å². The van der Waals surface area contributed by atoms with Crippen molar-refractivity contribution in [3.63, 3.8) is 0 Å². The maximum Gasteiger partial charge on any atom is 0.238 e. The van der Waals surface area contributed by atoms with Gasteiger partial charge in [-0.05, 0) is 31.0 Å². The summed E-state index contributed by atoms with van der Waals surface area (Å²) in [5, 5.41) is 8.19. The van der Waals surface area contributed by atoms with Crippen molar-refractivity contribution in [2.45, 2.75) is 17.7 Å². The highest BCUT2D eigenvalue weighted by Crippen LogP contribution is 2.21. The van der Waals surface area contributed by atoms with Crippen LogP contribution in [0.25, 0.3) is 0 Å². The number of benzene rings is 1. The van der Waals surface area contributed by atoms with Gasteiger partial charge >= 0.3 is 0 Å². The van der Waals surface area contributed by atoms with E-state index in [4.69, 9.17) is 20.3 Å². The highest BCUT2D eigenvalue weighted by atomic mass is 32.2. The summed E-state index contributed by atoms with van der Waals surface area (Å²) < 4.78 is 32.6. The van der Waals surface area contributed by atoms with Crippen LogP contribution in [0.3, 0.4) is 0 Å². The van der Waals surface area contributed by atoms with Gasteiger partial charge < -0.3 is 20.5 Å². The lowest BCUT2D eigenvalue weighted by atomic mass is 10.2. The molecule has 0 amide bonds. The molecule has 7 nitrogen and oxygen atoms in total. The number of methoxy groups -OCH3 is 1. The normalized spacial score (nSPS) is 11.5. The molecule has 0 aromatic heterocycles. The van der Waals surface area contributed by atoms with Gasteiger partial charge in [-0.3, -0.25) is 0 Å². The van der Waals surface area contributed by atoms with E-state index in [9.17, 15) is 8.42 Å². The molecular formula is C13H23N3O4S. The van der Waals surface area contributed by atoms with E-state index in [-0.39, 0.29) is 4.90 Å². The Hall–Kier alpha value is -1.35. The van der Waals surface area contributed by atoms with Crippen LogP contribution in [0, 0.1) is 0 Å². The second kappa shape index (κ2) is 8.83. The summed E-state index contributed by atoms with van der Waals surface area (Å²) in [6.45, 7) is 2.62. The molecule has 0 aliphatic rings. The summed E-state index contributed by atoms with van der Waals surface area (Å²) in [4.78, 5) is 0.0112. The van der Waals surface area contributed by atoms with Crippen LogP contribution >= 0.6 is 0 Å². The molecule has 0 saturated carbocycles. The monoisotopic (exact) mass is 317 g/mol. The van der Waals surface area contributed by atoms with E-state index in [0.29, 0.717) is 31.2 Å². The average molecular weight is 317 g/mol. The molecule has 8 heteroatoms. The van der Waals surface area contributed by atoms with Crippen LogP contribution in [-0.2, 0) is 19.5 Å². The predicted octanol–water partition coefficient (Wildman–Crippen LogP) is 0.771. The molecule has 0 saturated heterocycles. The molecule has 0 fully saturated rings. The quantitative estimate of drug-likeness (QED) is 0.433. The van der Waals surface area contributed by atoms with Crippen LogP contribution in [-0.4, -0.2) is 41.9 Å². The first-order valence-corrected chi connectivity index (χ1v) is 8.22. The Bertz CT molecular complexity index is 534. The molecule has 120 valence electrons. The number of ether oxygens (including phenoxy) is 2. The fourth-order valence-corrected chi connectivity index (χ4v) is 2.22. The number of primary sulfonamides is 1. The fraction of sp³-hybridized carbons (Fsp3) is 0.538. The number of rotatable bonds is 10. The Labute approximate surface area is 125 Å². The number of hydrogen-bond acceptors (Lipinski definition) is 6. The van der Waals surface area contributed by atoms with Crippen LogP contribution in [0.2, 0.25) is 0 Å². The van der Waals surface area contributed by atoms with Crippen molar-refractivity contribution in [2.24, 2.45) is 5.14 Å². The van der Waals surface area contributed by atoms with Gasteiger partial charge in [0, 0.05) is 20.3 Å². The summed E-state index contributed by atoms with van der Waals surface area (Å²) in [6.07, 6.45) is 1.84. The molecule has 0 atom stereocenters. The highest BCUT2D eigenvalue weighted by molar-refractivity contribution is 7.89. The van der Waals surface area contributed by atoms with Crippen LogP contribution in [0.15, 0.2) is 23.1 Å². The molecule has 0 unspecified atom stereocenters. The van der Waals surface area contributed by atoms with Crippen molar-refractivity contribution in [3.05, 3.63) is 18.2 Å². The van der Waals surface area contributed by atoms with Crippen molar-refractivity contribution >= 4 is 21.4 Å². The van der Waals surface area contributed by atoms with Gasteiger partial charge in [-0.2, -0.15) is 0 Å². The van der Waals surface area contributed by atoms with E-state index in [1.165, 1.54) is 12.1 Å². The second-order valence-corrected chi connectivity index (χ2v) is 6.09. The van der Waals surface area contributed by atoms with Gasteiger partial charge in [0.05, 0.1) is 29.5 Å². The lowest BCUT2D eigenvalue weighted by Crippen LogP contribution is -2.13. The Morgan fingerprint density at radius 2 is 1.95 bits per heavy atom. The van der Waals surface area contributed by atoms with Gasteiger partial charge in [0.2, 0.25) is 10.0 Å². The number of nitrogens with one attached hydrogen (secondary N) is 1. The lowest BCUT2D eigenvalue weighted by molar-refractivity contribution is 0.0691. The molecule has 1 rings (SSSR count). The predicted molar refractivity (Wildman–Crippen MR) is 82.6 cm³/mol. The summed E-state index contributed by atoms with van der Waals surface area (Å²) in [6, 6.07) is 4.40. The number of nitrogen functional groups attached to an aromatic ring is 1. The number of anilines is 2. The van der Waals surface area contributed by atoms with Gasteiger partial charge in [0.25, 0.3) is 0 Å². The standard InChI is InChI=1S/C13H23N3O4S/c1-19-8-9-20-7-3-2-6-16-13-5-4-11(10-12(13)14)21(15,17)18/h4-5,10,16H,2-3,6-9,14H2,1H3,(H2,15,17,18). The fourth-order valence-electron chi connectivity index (χ4n) is 1.68. The van der Waals surface area contributed by atoms with Gasteiger partial charge in [-0.1, -0.05) is 0 Å². The summed E-state index contributed by atoms with van der Waals surface area (Å²) >= 11 is 0. The number of unbranched alkanes of at least 4 members (excludes halogenated alkanes) is 1. The smallest absolute Gasteiger partial charge is 0.238 e. The zero-order valence-electron chi connectivity index (χ0n) is 12.2. The number of nitrogens with two attached hydrogens (primary N) is 2. The van der Waals surface area contributed by atoms with Crippen LogP contribution in [0.4, 0.5) is 11.4 Å². The van der Waals surface area contributed by atoms with E-state index < -0.39 is 10.0 Å². The Kier molecular flexibility index (Phi) is 7.44. The average Bonchev–Trinajstić information content (AvgIpc) is 2.42. The minimum atomic E-state index is -3.72. The van der Waals surface area contributed by atoms with E-state index in [2.05, 4.69) is 5.32 Å². The van der Waals surface area contributed by atoms with Crippen molar-refractivity contribution in [1.82, 2.24) is 0 Å². The molecule has 0 heterocycles. The van der Waals surface area contributed by atoms with Gasteiger partial charge in [0.1, 0.15) is 0 Å². The zero-order valence-corrected chi connectivity index (χ0v) is 13.0. The second-order valence-electron chi connectivity index (χ2n) is 4.53. The zero-order chi connectivity index (χ0) is 15.7. The van der Waals surface area contributed by atoms with Crippen molar-refractivity contribution in [3.8, 4) is 0 Å². The molecule has 5 N–H and O–H groups in total. The van der Waals surface area contributed by atoms with E-state index >= 15 is 0 Å². The number of sulfonamides is 1. The summed E-state index contributed by atoms with van der Waals surface area (Å²) in [7, 11) is -2.08. The third-order valence-electron chi connectivity index (χ3n) is 2.81.